The fraction of sp³-hybridized carbons (Fsp3) is 0.500. The topological polar surface area (TPSA) is 97.0 Å². The van der Waals surface area contributed by atoms with E-state index in [0.29, 0.717) is 36.3 Å². The van der Waals surface area contributed by atoms with Gasteiger partial charge in [0, 0.05) is 24.6 Å². The summed E-state index contributed by atoms with van der Waals surface area (Å²) in [5, 5.41) is 0. The van der Waals surface area contributed by atoms with Gasteiger partial charge in [-0.2, -0.15) is 0 Å². The Kier molecular flexibility index (Phi) is 5.29. The SMILES string of the molecule is CCOc1ccc(C(=O)NNC(=O)C2CC(=O)N(C3CC3)C2)cc1OC. The summed E-state index contributed by atoms with van der Waals surface area (Å²) < 4.78 is 10.6. The zero-order valence-corrected chi connectivity index (χ0v) is 14.9. The van der Waals surface area contributed by atoms with Crippen molar-refractivity contribution in [2.24, 2.45) is 5.92 Å². The van der Waals surface area contributed by atoms with E-state index in [2.05, 4.69) is 10.9 Å². The predicted molar refractivity (Wildman–Crippen MR) is 92.6 cm³/mol. The molecule has 2 aliphatic rings. The quantitative estimate of drug-likeness (QED) is 0.733. The summed E-state index contributed by atoms with van der Waals surface area (Å²) in [5.41, 5.74) is 5.13. The van der Waals surface area contributed by atoms with Crippen LogP contribution in [-0.4, -0.2) is 48.9 Å². The monoisotopic (exact) mass is 361 g/mol. The Balaban J connectivity index is 1.55. The highest BCUT2D eigenvalue weighted by Gasteiger charge is 2.41. The maximum absolute atomic E-state index is 12.2. The van der Waals surface area contributed by atoms with Gasteiger partial charge in [-0.1, -0.05) is 0 Å². The third-order valence-corrected chi connectivity index (χ3v) is 4.54. The third kappa shape index (κ3) is 3.89. The first-order chi connectivity index (χ1) is 12.5. The first-order valence-electron chi connectivity index (χ1n) is 8.74. The van der Waals surface area contributed by atoms with Gasteiger partial charge in [0.05, 0.1) is 19.6 Å². The molecular formula is C18H23N3O5. The van der Waals surface area contributed by atoms with E-state index >= 15 is 0 Å². The van der Waals surface area contributed by atoms with E-state index in [1.807, 2.05) is 6.92 Å². The van der Waals surface area contributed by atoms with Gasteiger partial charge in [-0.05, 0) is 38.0 Å². The lowest BCUT2D eigenvalue weighted by atomic mass is 10.1. The average molecular weight is 361 g/mol. The Bertz CT molecular complexity index is 717. The van der Waals surface area contributed by atoms with Gasteiger partial charge in [-0.3, -0.25) is 25.2 Å². The standard InChI is InChI=1S/C18H23N3O5/c1-3-26-14-7-4-11(8-15(14)25-2)17(23)19-20-18(24)12-9-16(22)21(10-12)13-5-6-13/h4,7-8,12-13H,3,5-6,9-10H2,1-2H3,(H,19,23)(H,20,24). The minimum Gasteiger partial charge on any atom is -0.493 e. The number of hydrogen-bond donors (Lipinski definition) is 2. The summed E-state index contributed by atoms with van der Waals surface area (Å²) in [5.74, 6) is -0.267. The molecule has 1 heterocycles. The number of nitrogens with one attached hydrogen (secondary N) is 2. The molecule has 0 radical (unpaired) electrons. The van der Waals surface area contributed by atoms with Gasteiger partial charge in [0.1, 0.15) is 0 Å². The minimum atomic E-state index is -0.469. The van der Waals surface area contributed by atoms with Crippen molar-refractivity contribution in [3.8, 4) is 11.5 Å². The van der Waals surface area contributed by atoms with Crippen LogP contribution in [0.1, 0.15) is 36.5 Å². The van der Waals surface area contributed by atoms with Gasteiger partial charge in [0.2, 0.25) is 11.8 Å². The Morgan fingerprint density at radius 2 is 2.00 bits per heavy atom. The van der Waals surface area contributed by atoms with Gasteiger partial charge < -0.3 is 14.4 Å². The number of likely N-dealkylation sites (tertiary alicyclic amines) is 1. The maximum Gasteiger partial charge on any atom is 0.269 e. The number of rotatable bonds is 6. The molecule has 8 heteroatoms. The molecule has 1 aliphatic carbocycles. The largest absolute Gasteiger partial charge is 0.493 e. The molecular weight excluding hydrogens is 338 g/mol. The van der Waals surface area contributed by atoms with Crippen molar-refractivity contribution >= 4 is 17.7 Å². The van der Waals surface area contributed by atoms with Gasteiger partial charge >= 0.3 is 0 Å². The fourth-order valence-electron chi connectivity index (χ4n) is 3.02. The number of ether oxygens (including phenoxy) is 2. The molecule has 1 aromatic carbocycles. The lowest BCUT2D eigenvalue weighted by molar-refractivity contribution is -0.129. The van der Waals surface area contributed by atoms with E-state index in [1.54, 1.807) is 23.1 Å². The minimum absolute atomic E-state index is 0.00947. The molecule has 2 fully saturated rings. The summed E-state index contributed by atoms with van der Waals surface area (Å²) in [7, 11) is 1.49. The van der Waals surface area contributed by atoms with Crippen molar-refractivity contribution in [2.75, 3.05) is 20.3 Å². The van der Waals surface area contributed by atoms with Crippen LogP contribution in [0.15, 0.2) is 18.2 Å². The van der Waals surface area contributed by atoms with Crippen molar-refractivity contribution in [3.05, 3.63) is 23.8 Å². The van der Waals surface area contributed by atoms with Crippen LogP contribution in [0.2, 0.25) is 0 Å². The van der Waals surface area contributed by atoms with E-state index in [1.165, 1.54) is 7.11 Å². The number of hydrazine groups is 1. The molecule has 1 unspecified atom stereocenters. The first-order valence-corrected chi connectivity index (χ1v) is 8.74. The van der Waals surface area contributed by atoms with E-state index in [4.69, 9.17) is 9.47 Å². The molecule has 8 nitrogen and oxygen atoms in total. The fourth-order valence-corrected chi connectivity index (χ4v) is 3.02. The molecule has 1 saturated carbocycles. The van der Waals surface area contributed by atoms with Crippen LogP contribution in [-0.2, 0) is 9.59 Å². The lowest BCUT2D eigenvalue weighted by Crippen LogP contribution is -2.45. The van der Waals surface area contributed by atoms with E-state index < -0.39 is 11.8 Å². The molecule has 1 atom stereocenters. The summed E-state index contributed by atoms with van der Waals surface area (Å²) in [6, 6.07) is 5.07. The summed E-state index contributed by atoms with van der Waals surface area (Å²) in [4.78, 5) is 38.2. The number of methoxy groups -OCH3 is 1. The highest BCUT2D eigenvalue weighted by Crippen LogP contribution is 2.32. The summed E-state index contributed by atoms with van der Waals surface area (Å²) in [6.45, 7) is 2.76. The highest BCUT2D eigenvalue weighted by atomic mass is 16.5. The molecule has 3 rings (SSSR count). The molecule has 26 heavy (non-hydrogen) atoms. The highest BCUT2D eigenvalue weighted by molar-refractivity contribution is 5.97. The van der Waals surface area contributed by atoms with Crippen molar-refractivity contribution in [1.82, 2.24) is 15.8 Å². The summed E-state index contributed by atoms with van der Waals surface area (Å²) in [6.07, 6.45) is 2.21. The Labute approximate surface area is 151 Å². The van der Waals surface area contributed by atoms with E-state index in [-0.39, 0.29) is 18.2 Å². The number of benzene rings is 1. The van der Waals surface area contributed by atoms with Gasteiger partial charge in [-0.25, -0.2) is 0 Å². The van der Waals surface area contributed by atoms with Crippen LogP contribution in [0, 0.1) is 5.92 Å². The van der Waals surface area contributed by atoms with Crippen LogP contribution < -0.4 is 20.3 Å². The Morgan fingerprint density at radius 3 is 2.65 bits per heavy atom. The van der Waals surface area contributed by atoms with Crippen molar-refractivity contribution < 1.29 is 23.9 Å². The molecule has 0 spiro atoms. The van der Waals surface area contributed by atoms with Crippen LogP contribution >= 0.6 is 0 Å². The maximum atomic E-state index is 12.2. The van der Waals surface area contributed by atoms with Crippen molar-refractivity contribution in [3.63, 3.8) is 0 Å². The van der Waals surface area contributed by atoms with Crippen LogP contribution in [0.3, 0.4) is 0 Å². The second-order valence-electron chi connectivity index (χ2n) is 6.42. The zero-order chi connectivity index (χ0) is 18.7. The number of carbonyl (C=O) groups excluding carboxylic acids is 3. The molecule has 0 bridgehead atoms. The molecule has 3 amide bonds. The Hall–Kier alpha value is -2.77. The molecule has 1 saturated heterocycles. The molecule has 1 aliphatic heterocycles. The number of carbonyl (C=O) groups is 3. The Morgan fingerprint density at radius 1 is 1.23 bits per heavy atom. The molecule has 140 valence electrons. The van der Waals surface area contributed by atoms with Crippen LogP contribution in [0.25, 0.3) is 0 Å². The second-order valence-corrected chi connectivity index (χ2v) is 6.42. The van der Waals surface area contributed by atoms with E-state index in [9.17, 15) is 14.4 Å². The third-order valence-electron chi connectivity index (χ3n) is 4.54. The van der Waals surface area contributed by atoms with Crippen molar-refractivity contribution in [2.45, 2.75) is 32.2 Å². The van der Waals surface area contributed by atoms with Crippen molar-refractivity contribution in [1.29, 1.82) is 0 Å². The second kappa shape index (κ2) is 7.63. The van der Waals surface area contributed by atoms with Gasteiger partial charge in [-0.15, -0.1) is 0 Å². The molecule has 1 aromatic rings. The normalized spacial score (nSPS) is 19.2. The number of hydrogen-bond acceptors (Lipinski definition) is 5. The zero-order valence-electron chi connectivity index (χ0n) is 14.9. The van der Waals surface area contributed by atoms with Gasteiger partial charge in [0.15, 0.2) is 11.5 Å². The summed E-state index contributed by atoms with van der Waals surface area (Å²) >= 11 is 0. The number of nitrogens with zero attached hydrogens (tertiary/aromatic N) is 1. The lowest BCUT2D eigenvalue weighted by Gasteiger charge is -2.15. The number of amides is 3. The predicted octanol–water partition coefficient (Wildman–Crippen LogP) is 0.866. The van der Waals surface area contributed by atoms with E-state index in [0.717, 1.165) is 12.8 Å². The molecule has 0 aromatic heterocycles. The average Bonchev–Trinajstić information content (AvgIpc) is 3.41. The smallest absolute Gasteiger partial charge is 0.269 e. The van der Waals surface area contributed by atoms with Crippen LogP contribution in [0.4, 0.5) is 0 Å². The van der Waals surface area contributed by atoms with Gasteiger partial charge in [0.25, 0.3) is 5.91 Å². The molecule has 2 N–H and O–H groups in total. The van der Waals surface area contributed by atoms with Crippen LogP contribution in [0.5, 0.6) is 11.5 Å². The first kappa shape index (κ1) is 18.0.